The SMILES string of the molecule is CC(=O)N(C1O[C@H](CO)[C@@H](O)[C@H](O)[C@H]1N)[C@@H](CC(N)=O)C(=O)O. The van der Waals surface area contributed by atoms with E-state index in [1.165, 1.54) is 0 Å². The molecule has 11 nitrogen and oxygen atoms in total. The highest BCUT2D eigenvalue weighted by atomic mass is 16.5. The molecule has 0 aromatic rings. The van der Waals surface area contributed by atoms with E-state index < -0.39 is 67.4 Å². The van der Waals surface area contributed by atoms with Gasteiger partial charge in [0, 0.05) is 6.92 Å². The Kier molecular flexibility index (Phi) is 6.41. The molecule has 1 heterocycles. The van der Waals surface area contributed by atoms with Crippen molar-refractivity contribution in [2.24, 2.45) is 11.5 Å². The zero-order valence-corrected chi connectivity index (χ0v) is 12.4. The summed E-state index contributed by atoms with van der Waals surface area (Å²) in [5.41, 5.74) is 10.7. The molecular formula is C12H21N3O8. The van der Waals surface area contributed by atoms with Crippen LogP contribution in [0.15, 0.2) is 0 Å². The fourth-order valence-corrected chi connectivity index (χ4v) is 2.44. The van der Waals surface area contributed by atoms with Gasteiger partial charge in [-0.3, -0.25) is 9.59 Å². The Bertz CT molecular complexity index is 471. The van der Waals surface area contributed by atoms with Crippen LogP contribution in [0.5, 0.6) is 0 Å². The standard InChI is InChI=1S/C12H21N3O8/c1-4(17)15(5(12(21)22)2-7(13)18)11-8(14)10(20)9(19)6(3-16)23-11/h5-6,8-11,16,19-20H,2-3,14H2,1H3,(H2,13,18)(H,21,22)/t5-,6+,8+,9+,10+,11?/m0/s1. The first-order valence-corrected chi connectivity index (χ1v) is 6.79. The lowest BCUT2D eigenvalue weighted by Crippen LogP contribution is -2.69. The Labute approximate surface area is 131 Å². The molecule has 0 aromatic carbocycles. The summed E-state index contributed by atoms with van der Waals surface area (Å²) in [6.07, 6.45) is -6.53. The van der Waals surface area contributed by atoms with E-state index in [9.17, 15) is 29.7 Å². The number of carboxylic acid groups (broad SMARTS) is 1. The molecule has 0 bridgehead atoms. The molecule has 2 amide bonds. The van der Waals surface area contributed by atoms with E-state index >= 15 is 0 Å². The third-order valence-electron chi connectivity index (χ3n) is 3.60. The number of nitrogens with two attached hydrogens (primary N) is 2. The first-order valence-electron chi connectivity index (χ1n) is 6.79. The minimum absolute atomic E-state index is 0.662. The molecule has 0 radical (unpaired) electrons. The summed E-state index contributed by atoms with van der Waals surface area (Å²) in [5.74, 6) is -3.28. The topological polar surface area (TPSA) is 197 Å². The van der Waals surface area contributed by atoms with Gasteiger partial charge in [-0.1, -0.05) is 0 Å². The van der Waals surface area contributed by atoms with Crippen molar-refractivity contribution in [3.8, 4) is 0 Å². The molecule has 11 heteroatoms. The quantitative estimate of drug-likeness (QED) is 0.279. The summed E-state index contributed by atoms with van der Waals surface area (Å²) < 4.78 is 5.27. The van der Waals surface area contributed by atoms with E-state index in [-0.39, 0.29) is 0 Å². The second kappa shape index (κ2) is 7.66. The van der Waals surface area contributed by atoms with Crippen molar-refractivity contribution < 1.29 is 39.5 Å². The van der Waals surface area contributed by atoms with Crippen LogP contribution >= 0.6 is 0 Å². The van der Waals surface area contributed by atoms with Crippen molar-refractivity contribution in [2.45, 2.75) is 50.0 Å². The second-order valence-electron chi connectivity index (χ2n) is 5.26. The van der Waals surface area contributed by atoms with E-state index in [0.29, 0.717) is 4.90 Å². The molecule has 0 saturated carbocycles. The summed E-state index contributed by atoms with van der Waals surface area (Å²) in [6, 6.07) is -3.02. The van der Waals surface area contributed by atoms with Crippen LogP contribution in [0.4, 0.5) is 0 Å². The van der Waals surface area contributed by atoms with Crippen molar-refractivity contribution in [1.82, 2.24) is 4.90 Å². The number of primary amides is 1. The first kappa shape index (κ1) is 19.3. The van der Waals surface area contributed by atoms with Crippen molar-refractivity contribution in [1.29, 1.82) is 0 Å². The van der Waals surface area contributed by atoms with Crippen LogP contribution in [0.25, 0.3) is 0 Å². The average Bonchev–Trinajstić information content (AvgIpc) is 2.45. The minimum Gasteiger partial charge on any atom is -0.480 e. The van der Waals surface area contributed by atoms with Crippen molar-refractivity contribution in [2.75, 3.05) is 6.61 Å². The number of rotatable bonds is 6. The van der Waals surface area contributed by atoms with Crippen LogP contribution in [0.2, 0.25) is 0 Å². The molecule has 132 valence electrons. The lowest BCUT2D eigenvalue weighted by atomic mass is 9.95. The number of ether oxygens (including phenoxy) is 1. The van der Waals surface area contributed by atoms with E-state index in [2.05, 4.69) is 0 Å². The lowest BCUT2D eigenvalue weighted by Gasteiger charge is -2.46. The first-order chi connectivity index (χ1) is 10.6. The zero-order chi connectivity index (χ0) is 17.9. The summed E-state index contributed by atoms with van der Waals surface area (Å²) in [7, 11) is 0. The Morgan fingerprint density at radius 1 is 1.26 bits per heavy atom. The summed E-state index contributed by atoms with van der Waals surface area (Å²) in [4.78, 5) is 35.0. The normalized spacial score (nSPS) is 32.1. The Hall–Kier alpha value is -1.79. The number of nitrogens with zero attached hydrogens (tertiary/aromatic N) is 1. The molecular weight excluding hydrogens is 314 g/mol. The van der Waals surface area contributed by atoms with Crippen molar-refractivity contribution in [3.63, 3.8) is 0 Å². The van der Waals surface area contributed by atoms with E-state index in [1.807, 2.05) is 0 Å². The molecule has 1 fully saturated rings. The van der Waals surface area contributed by atoms with E-state index in [4.69, 9.17) is 21.3 Å². The van der Waals surface area contributed by atoms with E-state index in [1.54, 1.807) is 0 Å². The highest BCUT2D eigenvalue weighted by molar-refractivity contribution is 5.87. The third kappa shape index (κ3) is 4.14. The van der Waals surface area contributed by atoms with Gasteiger partial charge in [0.15, 0.2) is 6.23 Å². The number of aliphatic hydroxyl groups excluding tert-OH is 3. The third-order valence-corrected chi connectivity index (χ3v) is 3.60. The minimum atomic E-state index is -1.66. The number of aliphatic carboxylic acids is 1. The molecule has 1 aliphatic heterocycles. The maximum absolute atomic E-state index is 11.9. The van der Waals surface area contributed by atoms with Crippen LogP contribution in [-0.4, -0.2) is 86.3 Å². The van der Waals surface area contributed by atoms with Gasteiger partial charge in [0.25, 0.3) is 0 Å². The largest absolute Gasteiger partial charge is 0.480 e. The molecule has 1 rings (SSSR count). The molecule has 23 heavy (non-hydrogen) atoms. The van der Waals surface area contributed by atoms with Gasteiger partial charge in [-0.15, -0.1) is 0 Å². The van der Waals surface area contributed by atoms with Crippen molar-refractivity contribution >= 4 is 17.8 Å². The van der Waals surface area contributed by atoms with Gasteiger partial charge in [0.2, 0.25) is 11.8 Å². The lowest BCUT2D eigenvalue weighted by molar-refractivity contribution is -0.232. The molecule has 1 saturated heterocycles. The second-order valence-corrected chi connectivity index (χ2v) is 5.26. The number of hydrogen-bond donors (Lipinski definition) is 6. The maximum atomic E-state index is 11.9. The molecule has 0 spiro atoms. The van der Waals surface area contributed by atoms with Crippen LogP contribution < -0.4 is 11.5 Å². The fourth-order valence-electron chi connectivity index (χ4n) is 2.44. The highest BCUT2D eigenvalue weighted by Gasteiger charge is 2.48. The summed E-state index contributed by atoms with van der Waals surface area (Å²) in [6.45, 7) is 0.332. The Morgan fingerprint density at radius 3 is 2.22 bits per heavy atom. The van der Waals surface area contributed by atoms with Gasteiger partial charge in [-0.05, 0) is 0 Å². The number of carboxylic acids is 1. The number of amides is 2. The van der Waals surface area contributed by atoms with Gasteiger partial charge in [-0.2, -0.15) is 0 Å². The predicted molar refractivity (Wildman–Crippen MR) is 73.5 cm³/mol. The number of aliphatic hydroxyl groups is 3. The Morgan fingerprint density at radius 2 is 1.83 bits per heavy atom. The van der Waals surface area contributed by atoms with E-state index in [0.717, 1.165) is 6.92 Å². The number of hydrogen-bond acceptors (Lipinski definition) is 8. The van der Waals surface area contributed by atoms with Crippen LogP contribution in [0.1, 0.15) is 13.3 Å². The monoisotopic (exact) mass is 335 g/mol. The molecule has 1 aliphatic rings. The van der Waals surface area contributed by atoms with Gasteiger partial charge >= 0.3 is 5.97 Å². The highest BCUT2D eigenvalue weighted by Crippen LogP contribution is 2.25. The molecule has 0 aliphatic carbocycles. The van der Waals surface area contributed by atoms with Gasteiger partial charge in [0.05, 0.1) is 19.1 Å². The van der Waals surface area contributed by atoms with Gasteiger partial charge in [-0.25, -0.2) is 4.79 Å². The number of carbonyl (C=O) groups excluding carboxylic acids is 2. The molecule has 6 atom stereocenters. The summed E-state index contributed by atoms with van der Waals surface area (Å²) in [5, 5.41) is 38.0. The van der Waals surface area contributed by atoms with Crippen LogP contribution in [0, 0.1) is 0 Å². The average molecular weight is 335 g/mol. The van der Waals surface area contributed by atoms with Crippen LogP contribution in [0.3, 0.4) is 0 Å². The molecule has 1 unspecified atom stereocenters. The molecule has 8 N–H and O–H groups in total. The zero-order valence-electron chi connectivity index (χ0n) is 12.4. The predicted octanol–water partition coefficient (Wildman–Crippen LogP) is -4.07. The van der Waals surface area contributed by atoms with Crippen molar-refractivity contribution in [3.05, 3.63) is 0 Å². The van der Waals surface area contributed by atoms with Crippen LogP contribution in [-0.2, 0) is 19.1 Å². The smallest absolute Gasteiger partial charge is 0.327 e. The number of carbonyl (C=O) groups is 3. The summed E-state index contributed by atoms with van der Waals surface area (Å²) >= 11 is 0. The van der Waals surface area contributed by atoms with Gasteiger partial charge < -0.3 is 41.5 Å². The molecule has 0 aromatic heterocycles. The Balaban J connectivity index is 3.18. The maximum Gasteiger partial charge on any atom is 0.327 e. The fraction of sp³-hybridized carbons (Fsp3) is 0.750. The van der Waals surface area contributed by atoms with Gasteiger partial charge in [0.1, 0.15) is 24.4 Å².